The van der Waals surface area contributed by atoms with E-state index in [2.05, 4.69) is 24.7 Å². The van der Waals surface area contributed by atoms with E-state index in [9.17, 15) is 9.59 Å². The first-order valence-electron chi connectivity index (χ1n) is 7.68. The van der Waals surface area contributed by atoms with E-state index >= 15 is 0 Å². The van der Waals surface area contributed by atoms with E-state index in [-0.39, 0.29) is 11.8 Å². The first kappa shape index (κ1) is 16.9. The minimum absolute atomic E-state index is 0.261. The van der Waals surface area contributed by atoms with E-state index in [0.29, 0.717) is 18.9 Å². The maximum absolute atomic E-state index is 12.4. The molecular formula is C16H24N4O3. The summed E-state index contributed by atoms with van der Waals surface area (Å²) in [4.78, 5) is 25.4. The third kappa shape index (κ3) is 4.06. The zero-order chi connectivity index (χ0) is 17.0. The van der Waals surface area contributed by atoms with Gasteiger partial charge in [0.2, 0.25) is 0 Å². The Bertz CT molecular complexity index is 559. The first-order valence-corrected chi connectivity index (χ1v) is 7.68. The molecule has 1 fully saturated rings. The number of methoxy groups -OCH3 is 1. The van der Waals surface area contributed by atoms with Gasteiger partial charge in [-0.05, 0) is 42.5 Å². The number of likely N-dealkylation sites (tertiary alicyclic amines) is 1. The van der Waals surface area contributed by atoms with E-state index in [4.69, 9.17) is 10.5 Å². The zero-order valence-corrected chi connectivity index (χ0v) is 13.7. The fraction of sp³-hybridized carbons (Fsp3) is 0.500. The number of amides is 3. The maximum Gasteiger partial charge on any atom is 0.315 e. The Balaban J connectivity index is 1.96. The number of carbonyl (C=O) groups is 2. The van der Waals surface area contributed by atoms with Gasteiger partial charge in [-0.3, -0.25) is 15.6 Å². The second-order valence-electron chi connectivity index (χ2n) is 6.09. The molecule has 0 bridgehead atoms. The van der Waals surface area contributed by atoms with Gasteiger partial charge in [0.25, 0.3) is 5.91 Å². The molecule has 1 aromatic carbocycles. The minimum atomic E-state index is -0.558. The highest BCUT2D eigenvalue weighted by molar-refractivity contribution is 5.88. The topological polar surface area (TPSA) is 96.7 Å². The molecule has 1 aromatic rings. The summed E-state index contributed by atoms with van der Waals surface area (Å²) in [6, 6.07) is 6.05. The summed E-state index contributed by atoms with van der Waals surface area (Å²) in [5.74, 6) is 1.14. The van der Waals surface area contributed by atoms with Crippen LogP contribution in [0.25, 0.3) is 0 Å². The molecule has 4 N–H and O–H groups in total. The lowest BCUT2D eigenvalue weighted by atomic mass is 9.93. The lowest BCUT2D eigenvalue weighted by Gasteiger charge is -2.22. The predicted molar refractivity (Wildman–Crippen MR) is 87.8 cm³/mol. The van der Waals surface area contributed by atoms with Crippen molar-refractivity contribution in [2.45, 2.75) is 26.3 Å². The molecule has 0 aromatic heterocycles. The molecule has 7 nitrogen and oxygen atoms in total. The van der Waals surface area contributed by atoms with E-state index in [1.165, 1.54) is 4.90 Å². The van der Waals surface area contributed by atoms with E-state index in [1.54, 1.807) is 31.4 Å². The number of nitrogens with one attached hydrogen (secondary N) is 2. The molecule has 23 heavy (non-hydrogen) atoms. The highest BCUT2D eigenvalue weighted by atomic mass is 16.5. The normalized spacial score (nSPS) is 20.4. The Morgan fingerprint density at radius 2 is 1.96 bits per heavy atom. The monoisotopic (exact) mass is 320 g/mol. The molecule has 2 unspecified atom stereocenters. The molecule has 1 aliphatic rings. The lowest BCUT2D eigenvalue weighted by Crippen LogP contribution is -2.49. The molecule has 2 rings (SSSR count). The molecule has 0 aliphatic carbocycles. The van der Waals surface area contributed by atoms with Crippen molar-refractivity contribution in [2.24, 2.45) is 17.6 Å². The summed E-state index contributed by atoms with van der Waals surface area (Å²) in [5, 5.41) is 0. The number of hydrogen-bond donors (Lipinski definition) is 3. The predicted octanol–water partition coefficient (Wildman–Crippen LogP) is 1.56. The summed E-state index contributed by atoms with van der Waals surface area (Å²) >= 11 is 0. The Hall–Kier alpha value is -2.44. The van der Waals surface area contributed by atoms with Crippen LogP contribution >= 0.6 is 0 Å². The number of benzene rings is 1. The van der Waals surface area contributed by atoms with Crippen molar-refractivity contribution in [3.05, 3.63) is 24.3 Å². The SMILES string of the molecule is COc1ccc(NNC(=O)C2CC(C(C)C)CN2C(N)=O)cc1. The molecule has 0 saturated carbocycles. The van der Waals surface area contributed by atoms with Gasteiger partial charge < -0.3 is 15.4 Å². The molecule has 0 spiro atoms. The lowest BCUT2D eigenvalue weighted by molar-refractivity contribution is -0.124. The maximum atomic E-state index is 12.4. The molecule has 0 radical (unpaired) electrons. The highest BCUT2D eigenvalue weighted by Crippen LogP contribution is 2.28. The van der Waals surface area contributed by atoms with E-state index < -0.39 is 12.1 Å². The Labute approximate surface area is 136 Å². The van der Waals surface area contributed by atoms with Crippen LogP contribution in [0.3, 0.4) is 0 Å². The van der Waals surface area contributed by atoms with Crippen molar-refractivity contribution in [1.82, 2.24) is 10.3 Å². The molecular weight excluding hydrogens is 296 g/mol. The van der Waals surface area contributed by atoms with Crippen LogP contribution in [0.15, 0.2) is 24.3 Å². The number of ether oxygens (including phenoxy) is 1. The molecule has 1 aliphatic heterocycles. The largest absolute Gasteiger partial charge is 0.497 e. The molecule has 1 saturated heterocycles. The summed E-state index contributed by atoms with van der Waals surface area (Å²) in [5.41, 5.74) is 11.6. The third-order valence-electron chi connectivity index (χ3n) is 4.28. The number of primary amides is 1. The number of nitrogens with zero attached hydrogens (tertiary/aromatic N) is 1. The summed E-state index contributed by atoms with van der Waals surface area (Å²) in [6.07, 6.45) is 0.622. The van der Waals surface area contributed by atoms with Crippen molar-refractivity contribution >= 4 is 17.6 Å². The number of carbonyl (C=O) groups excluding carboxylic acids is 2. The molecule has 7 heteroatoms. The summed E-state index contributed by atoms with van der Waals surface area (Å²) < 4.78 is 5.08. The quantitative estimate of drug-likeness (QED) is 0.717. The smallest absolute Gasteiger partial charge is 0.315 e. The number of hydrogen-bond acceptors (Lipinski definition) is 4. The van der Waals surface area contributed by atoms with E-state index in [1.807, 2.05) is 0 Å². The number of anilines is 1. The summed E-state index contributed by atoms with van der Waals surface area (Å²) in [7, 11) is 1.59. The Morgan fingerprint density at radius 3 is 2.48 bits per heavy atom. The highest BCUT2D eigenvalue weighted by Gasteiger charge is 2.39. The van der Waals surface area contributed by atoms with Crippen molar-refractivity contribution in [3.8, 4) is 5.75 Å². The number of nitrogens with two attached hydrogens (primary N) is 1. The van der Waals surface area contributed by atoms with Gasteiger partial charge >= 0.3 is 6.03 Å². The van der Waals surface area contributed by atoms with Crippen LogP contribution in [0.4, 0.5) is 10.5 Å². The fourth-order valence-electron chi connectivity index (χ4n) is 2.73. The van der Waals surface area contributed by atoms with Gasteiger partial charge in [0.1, 0.15) is 11.8 Å². The van der Waals surface area contributed by atoms with Gasteiger partial charge in [-0.1, -0.05) is 13.8 Å². The second kappa shape index (κ2) is 7.21. The van der Waals surface area contributed by atoms with Gasteiger partial charge in [0.15, 0.2) is 0 Å². The number of urea groups is 1. The fourth-order valence-corrected chi connectivity index (χ4v) is 2.73. The van der Waals surface area contributed by atoms with Gasteiger partial charge in [-0.25, -0.2) is 4.79 Å². The Kier molecular flexibility index (Phi) is 5.31. The third-order valence-corrected chi connectivity index (χ3v) is 4.28. The average molecular weight is 320 g/mol. The van der Waals surface area contributed by atoms with Crippen LogP contribution in [-0.2, 0) is 4.79 Å². The average Bonchev–Trinajstić information content (AvgIpc) is 2.99. The van der Waals surface area contributed by atoms with Crippen LogP contribution in [0.2, 0.25) is 0 Å². The molecule has 2 atom stereocenters. The number of rotatable bonds is 5. The van der Waals surface area contributed by atoms with Crippen LogP contribution in [-0.4, -0.2) is 36.5 Å². The Morgan fingerprint density at radius 1 is 1.30 bits per heavy atom. The van der Waals surface area contributed by atoms with Crippen LogP contribution < -0.4 is 21.3 Å². The summed E-state index contributed by atoms with van der Waals surface area (Å²) in [6.45, 7) is 4.69. The van der Waals surface area contributed by atoms with Gasteiger partial charge in [0.05, 0.1) is 12.8 Å². The zero-order valence-electron chi connectivity index (χ0n) is 13.7. The number of hydrazine groups is 1. The minimum Gasteiger partial charge on any atom is -0.497 e. The van der Waals surface area contributed by atoms with E-state index in [0.717, 1.165) is 11.4 Å². The second-order valence-corrected chi connectivity index (χ2v) is 6.09. The van der Waals surface area contributed by atoms with Gasteiger partial charge in [0, 0.05) is 6.54 Å². The molecule has 3 amide bonds. The van der Waals surface area contributed by atoms with Crippen molar-refractivity contribution in [3.63, 3.8) is 0 Å². The van der Waals surface area contributed by atoms with Crippen LogP contribution in [0, 0.1) is 11.8 Å². The van der Waals surface area contributed by atoms with Crippen molar-refractivity contribution in [2.75, 3.05) is 19.1 Å². The van der Waals surface area contributed by atoms with Gasteiger partial charge in [-0.15, -0.1) is 0 Å². The van der Waals surface area contributed by atoms with Crippen molar-refractivity contribution < 1.29 is 14.3 Å². The van der Waals surface area contributed by atoms with Gasteiger partial charge in [-0.2, -0.15) is 0 Å². The molecule has 1 heterocycles. The molecule has 126 valence electrons. The standard InChI is InChI=1S/C16H24N4O3/c1-10(2)11-8-14(20(9-11)16(17)22)15(21)19-18-12-4-6-13(23-3)7-5-12/h4-7,10-11,14,18H,8-9H2,1-3H3,(H2,17,22)(H,19,21). The first-order chi connectivity index (χ1) is 10.9. The van der Waals surface area contributed by atoms with Crippen LogP contribution in [0.5, 0.6) is 5.75 Å². The van der Waals surface area contributed by atoms with Crippen molar-refractivity contribution in [1.29, 1.82) is 0 Å². The van der Waals surface area contributed by atoms with Crippen LogP contribution in [0.1, 0.15) is 20.3 Å².